The second kappa shape index (κ2) is 8.56. The number of hydrogen-bond acceptors (Lipinski definition) is 1. The first-order chi connectivity index (χ1) is 16.0. The molecule has 1 aliphatic heterocycles. The second-order valence-electron chi connectivity index (χ2n) is 9.78. The van der Waals surface area contributed by atoms with Crippen LogP contribution in [0.15, 0.2) is 103 Å². The van der Waals surface area contributed by atoms with Crippen molar-refractivity contribution in [3.63, 3.8) is 0 Å². The SMILES string of the molecule is CC(C)c1cccc(C(C)C)c1N1Cc2ccccc2C1(c1ccccc1)c1ccccc1. The van der Waals surface area contributed by atoms with Crippen LogP contribution >= 0.6 is 0 Å². The van der Waals surface area contributed by atoms with Crippen molar-refractivity contribution in [3.8, 4) is 0 Å². The summed E-state index contributed by atoms with van der Waals surface area (Å²) in [6.45, 7) is 10.2. The summed E-state index contributed by atoms with van der Waals surface area (Å²) in [7, 11) is 0. The fourth-order valence-corrected chi connectivity index (χ4v) is 5.66. The van der Waals surface area contributed by atoms with Gasteiger partial charge in [-0.2, -0.15) is 0 Å². The first-order valence-electron chi connectivity index (χ1n) is 12.1. The van der Waals surface area contributed by atoms with Crippen molar-refractivity contribution in [1.82, 2.24) is 0 Å². The summed E-state index contributed by atoms with van der Waals surface area (Å²) in [6.07, 6.45) is 0. The Morgan fingerprint density at radius 2 is 1.06 bits per heavy atom. The molecule has 4 aromatic carbocycles. The Bertz CT molecular complexity index is 1170. The minimum absolute atomic E-state index is 0.381. The van der Waals surface area contributed by atoms with Crippen molar-refractivity contribution in [2.24, 2.45) is 0 Å². The maximum absolute atomic E-state index is 2.70. The van der Waals surface area contributed by atoms with Crippen molar-refractivity contribution in [1.29, 1.82) is 0 Å². The summed E-state index contributed by atoms with van der Waals surface area (Å²) in [6, 6.07) is 38.1. The average Bonchev–Trinajstić information content (AvgIpc) is 3.20. The van der Waals surface area contributed by atoms with Gasteiger partial charge in [0.15, 0.2) is 0 Å². The Morgan fingerprint density at radius 3 is 1.58 bits per heavy atom. The van der Waals surface area contributed by atoms with Gasteiger partial charge in [-0.25, -0.2) is 0 Å². The van der Waals surface area contributed by atoms with Crippen molar-refractivity contribution in [3.05, 3.63) is 137 Å². The third kappa shape index (κ3) is 3.38. The molecule has 0 N–H and O–H groups in total. The van der Waals surface area contributed by atoms with E-state index >= 15 is 0 Å². The Morgan fingerprint density at radius 1 is 0.576 bits per heavy atom. The summed E-state index contributed by atoms with van der Waals surface area (Å²) in [5, 5.41) is 0. The predicted octanol–water partition coefficient (Wildman–Crippen LogP) is 8.25. The van der Waals surface area contributed by atoms with Crippen molar-refractivity contribution >= 4 is 5.69 Å². The lowest BCUT2D eigenvalue weighted by Crippen LogP contribution is -2.44. The Balaban J connectivity index is 1.92. The Labute approximate surface area is 198 Å². The van der Waals surface area contributed by atoms with Gasteiger partial charge in [0.25, 0.3) is 0 Å². The number of rotatable bonds is 5. The van der Waals surface area contributed by atoms with Gasteiger partial charge in [-0.3, -0.25) is 0 Å². The molecular weight excluding hydrogens is 398 g/mol. The standard InChI is InChI=1S/C32H33N/c1-23(2)28-19-13-20-29(24(3)4)31(28)33-22-25-14-11-12-21-30(25)32(33,26-15-7-5-8-16-26)27-17-9-6-10-18-27/h5-21,23-24H,22H2,1-4H3. The maximum atomic E-state index is 2.70. The van der Waals surface area contributed by atoms with Crippen LogP contribution < -0.4 is 4.90 Å². The van der Waals surface area contributed by atoms with E-state index in [0.717, 1.165) is 6.54 Å². The number of nitrogens with zero attached hydrogens (tertiary/aromatic N) is 1. The van der Waals surface area contributed by atoms with Gasteiger partial charge in [-0.05, 0) is 45.2 Å². The highest BCUT2D eigenvalue weighted by molar-refractivity contribution is 5.73. The fourth-order valence-electron chi connectivity index (χ4n) is 5.66. The quantitative estimate of drug-likeness (QED) is 0.307. The molecule has 0 bridgehead atoms. The molecule has 1 nitrogen and oxygen atoms in total. The molecule has 0 saturated carbocycles. The van der Waals surface area contributed by atoms with E-state index in [0.29, 0.717) is 11.8 Å². The number of benzene rings is 4. The van der Waals surface area contributed by atoms with E-state index in [1.165, 1.54) is 39.1 Å². The zero-order chi connectivity index (χ0) is 23.0. The van der Waals surface area contributed by atoms with Gasteiger partial charge in [0.1, 0.15) is 5.54 Å². The van der Waals surface area contributed by atoms with E-state index in [-0.39, 0.29) is 5.54 Å². The molecule has 33 heavy (non-hydrogen) atoms. The zero-order valence-electron chi connectivity index (χ0n) is 20.1. The lowest BCUT2D eigenvalue weighted by molar-refractivity contribution is 0.594. The van der Waals surface area contributed by atoms with Crippen molar-refractivity contribution < 1.29 is 0 Å². The van der Waals surface area contributed by atoms with E-state index in [1.54, 1.807) is 0 Å². The molecular formula is C32H33N. The molecule has 5 rings (SSSR count). The van der Waals surface area contributed by atoms with Crippen LogP contribution in [0.5, 0.6) is 0 Å². The van der Waals surface area contributed by atoms with Crippen LogP contribution in [-0.4, -0.2) is 0 Å². The summed E-state index contributed by atoms with van der Waals surface area (Å²) in [4.78, 5) is 2.70. The van der Waals surface area contributed by atoms with Crippen LogP contribution in [0.1, 0.15) is 72.9 Å². The molecule has 0 unspecified atom stereocenters. The minimum Gasteiger partial charge on any atom is -0.349 e. The van der Waals surface area contributed by atoms with Gasteiger partial charge in [0, 0.05) is 12.2 Å². The molecule has 0 aromatic heterocycles. The number of hydrogen-bond donors (Lipinski definition) is 0. The third-order valence-corrected chi connectivity index (χ3v) is 7.14. The first kappa shape index (κ1) is 21.5. The lowest BCUT2D eigenvalue weighted by Gasteiger charge is -2.44. The topological polar surface area (TPSA) is 3.24 Å². The third-order valence-electron chi connectivity index (χ3n) is 7.14. The van der Waals surface area contributed by atoms with Crippen LogP contribution in [0.3, 0.4) is 0 Å². The maximum Gasteiger partial charge on any atom is 0.117 e. The summed E-state index contributed by atoms with van der Waals surface area (Å²) in [5.41, 5.74) is 9.27. The smallest absolute Gasteiger partial charge is 0.117 e. The second-order valence-corrected chi connectivity index (χ2v) is 9.78. The van der Waals surface area contributed by atoms with Crippen LogP contribution in [0.4, 0.5) is 5.69 Å². The molecule has 0 aliphatic carbocycles. The van der Waals surface area contributed by atoms with Gasteiger partial charge in [0.05, 0.1) is 0 Å². The average molecular weight is 432 g/mol. The van der Waals surface area contributed by atoms with Crippen LogP contribution in [0.25, 0.3) is 0 Å². The highest BCUT2D eigenvalue weighted by Crippen LogP contribution is 2.53. The molecule has 1 heterocycles. The first-order valence-corrected chi connectivity index (χ1v) is 12.1. The molecule has 0 saturated heterocycles. The Kier molecular flexibility index (Phi) is 5.58. The number of para-hydroxylation sites is 1. The lowest BCUT2D eigenvalue weighted by atomic mass is 9.76. The predicted molar refractivity (Wildman–Crippen MR) is 140 cm³/mol. The van der Waals surface area contributed by atoms with E-state index in [2.05, 4.69) is 136 Å². The van der Waals surface area contributed by atoms with Crippen LogP contribution in [0.2, 0.25) is 0 Å². The van der Waals surface area contributed by atoms with Crippen LogP contribution in [-0.2, 0) is 12.1 Å². The fraction of sp³-hybridized carbons (Fsp3) is 0.250. The van der Waals surface area contributed by atoms with Crippen molar-refractivity contribution in [2.75, 3.05) is 4.90 Å². The van der Waals surface area contributed by atoms with E-state index in [1.807, 2.05) is 0 Å². The normalized spacial score (nSPS) is 14.7. The van der Waals surface area contributed by atoms with E-state index in [9.17, 15) is 0 Å². The van der Waals surface area contributed by atoms with Gasteiger partial charge < -0.3 is 4.90 Å². The summed E-state index contributed by atoms with van der Waals surface area (Å²) < 4.78 is 0. The summed E-state index contributed by atoms with van der Waals surface area (Å²) in [5.74, 6) is 0.873. The molecule has 1 aliphatic rings. The van der Waals surface area contributed by atoms with E-state index < -0.39 is 0 Å². The van der Waals surface area contributed by atoms with Gasteiger partial charge in [-0.15, -0.1) is 0 Å². The molecule has 4 aromatic rings. The zero-order valence-corrected chi connectivity index (χ0v) is 20.1. The minimum atomic E-state index is -0.381. The largest absolute Gasteiger partial charge is 0.349 e. The van der Waals surface area contributed by atoms with Crippen LogP contribution in [0, 0.1) is 0 Å². The number of fused-ring (bicyclic) bond motifs is 1. The molecule has 1 heteroatoms. The highest BCUT2D eigenvalue weighted by Gasteiger charge is 2.49. The van der Waals surface area contributed by atoms with Gasteiger partial charge in [-0.1, -0.05) is 131 Å². The number of anilines is 1. The Hall–Kier alpha value is -3.32. The van der Waals surface area contributed by atoms with Gasteiger partial charge in [0.2, 0.25) is 0 Å². The summed E-state index contributed by atoms with van der Waals surface area (Å²) >= 11 is 0. The molecule has 0 fully saturated rings. The van der Waals surface area contributed by atoms with Gasteiger partial charge >= 0.3 is 0 Å². The molecule has 0 radical (unpaired) electrons. The molecule has 0 spiro atoms. The molecule has 0 atom stereocenters. The van der Waals surface area contributed by atoms with Crippen molar-refractivity contribution in [2.45, 2.75) is 51.6 Å². The molecule has 166 valence electrons. The van der Waals surface area contributed by atoms with E-state index in [4.69, 9.17) is 0 Å². The monoisotopic (exact) mass is 431 g/mol. The molecule has 0 amide bonds. The highest BCUT2D eigenvalue weighted by atomic mass is 15.2.